The Morgan fingerprint density at radius 3 is 2.85 bits per heavy atom. The van der Waals surface area contributed by atoms with E-state index >= 15 is 0 Å². The van der Waals surface area contributed by atoms with E-state index in [1.807, 2.05) is 35.7 Å². The molecule has 3 N–H and O–H groups in total. The molecule has 0 radical (unpaired) electrons. The van der Waals surface area contributed by atoms with Gasteiger partial charge < -0.3 is 10.5 Å². The minimum Gasteiger partial charge on any atom is -0.482 e. The lowest BCUT2D eigenvalue weighted by Crippen LogP contribution is -2.20. The predicted octanol–water partition coefficient (Wildman–Crippen LogP) is 3.77. The average Bonchev–Trinajstić information content (AvgIpc) is 3.10. The smallest absolute Gasteiger partial charge is 0.255 e. The van der Waals surface area contributed by atoms with E-state index in [-0.39, 0.29) is 6.61 Å². The number of amides is 1. The third kappa shape index (κ3) is 4.81. The molecule has 6 nitrogen and oxygen atoms in total. The number of hydrogen-bond acceptors (Lipinski definition) is 6. The maximum absolute atomic E-state index is 10.7. The standard InChI is InChI=1S/C18H15ClN4O2S/c19-14-8-12(6-7-16(14)25-10-17(20)24)9-21-23-18-22-15(11-26-18)13-4-2-1-3-5-13/h1-9,11H,10H2,(H2,20,24)(H,22,23). The van der Waals surface area contributed by atoms with Crippen molar-refractivity contribution in [3.63, 3.8) is 0 Å². The molecule has 0 aliphatic rings. The van der Waals surface area contributed by atoms with Gasteiger partial charge in [0.1, 0.15) is 5.75 Å². The average molecular weight is 387 g/mol. The summed E-state index contributed by atoms with van der Waals surface area (Å²) in [5.41, 5.74) is 10.7. The number of nitrogens with zero attached hydrogens (tertiary/aromatic N) is 2. The summed E-state index contributed by atoms with van der Waals surface area (Å²) >= 11 is 7.58. The molecule has 0 spiro atoms. The Morgan fingerprint density at radius 2 is 2.12 bits per heavy atom. The quantitative estimate of drug-likeness (QED) is 0.477. The fourth-order valence-corrected chi connectivity index (χ4v) is 3.00. The first-order valence-corrected chi connectivity index (χ1v) is 8.88. The first-order chi connectivity index (χ1) is 12.6. The second-order valence-corrected chi connectivity index (χ2v) is 6.48. The van der Waals surface area contributed by atoms with Crippen molar-refractivity contribution in [3.8, 4) is 17.0 Å². The largest absolute Gasteiger partial charge is 0.482 e. The number of thiazole rings is 1. The van der Waals surface area contributed by atoms with Crippen molar-refractivity contribution in [2.24, 2.45) is 10.8 Å². The molecule has 3 aromatic rings. The van der Waals surface area contributed by atoms with Crippen LogP contribution in [0.15, 0.2) is 59.0 Å². The zero-order valence-electron chi connectivity index (χ0n) is 13.6. The molecule has 0 aliphatic heterocycles. The maximum atomic E-state index is 10.7. The lowest BCUT2D eigenvalue weighted by molar-refractivity contribution is -0.119. The SMILES string of the molecule is NC(=O)COc1ccc(C=NNc2nc(-c3ccccc3)cs2)cc1Cl. The summed E-state index contributed by atoms with van der Waals surface area (Å²) in [5.74, 6) is -0.169. The van der Waals surface area contributed by atoms with Gasteiger partial charge in [0.25, 0.3) is 5.91 Å². The van der Waals surface area contributed by atoms with Gasteiger partial charge in [0, 0.05) is 10.9 Å². The summed E-state index contributed by atoms with van der Waals surface area (Å²) in [4.78, 5) is 15.2. The van der Waals surface area contributed by atoms with Crippen molar-refractivity contribution in [1.82, 2.24) is 4.98 Å². The van der Waals surface area contributed by atoms with Crippen molar-refractivity contribution >= 4 is 40.2 Å². The number of halogens is 1. The number of ether oxygens (including phenoxy) is 1. The molecule has 0 atom stereocenters. The van der Waals surface area contributed by atoms with Gasteiger partial charge in [0.2, 0.25) is 5.13 Å². The number of carbonyl (C=O) groups excluding carboxylic acids is 1. The van der Waals surface area contributed by atoms with Crippen LogP contribution in [0.3, 0.4) is 0 Å². The van der Waals surface area contributed by atoms with Crippen molar-refractivity contribution in [2.75, 3.05) is 12.0 Å². The summed E-state index contributed by atoms with van der Waals surface area (Å²) < 4.78 is 5.20. The van der Waals surface area contributed by atoms with Gasteiger partial charge in [-0.05, 0) is 23.8 Å². The molecule has 3 rings (SSSR count). The number of benzene rings is 2. The van der Waals surface area contributed by atoms with E-state index in [0.717, 1.165) is 16.8 Å². The summed E-state index contributed by atoms with van der Waals surface area (Å²) in [6.07, 6.45) is 1.62. The monoisotopic (exact) mass is 386 g/mol. The van der Waals surface area contributed by atoms with E-state index < -0.39 is 5.91 Å². The van der Waals surface area contributed by atoms with E-state index in [4.69, 9.17) is 22.1 Å². The molecule has 1 aromatic heterocycles. The molecule has 0 saturated carbocycles. The number of anilines is 1. The Bertz CT molecular complexity index is 928. The van der Waals surface area contributed by atoms with Gasteiger partial charge in [-0.3, -0.25) is 10.2 Å². The number of primary amides is 1. The molecule has 2 aromatic carbocycles. The Labute approximate surface area is 159 Å². The van der Waals surface area contributed by atoms with Crippen LogP contribution in [0, 0.1) is 0 Å². The Balaban J connectivity index is 1.61. The molecule has 132 valence electrons. The number of hydrogen-bond donors (Lipinski definition) is 2. The highest BCUT2D eigenvalue weighted by Crippen LogP contribution is 2.26. The minimum absolute atomic E-state index is 0.220. The van der Waals surface area contributed by atoms with Gasteiger partial charge in [0.05, 0.1) is 16.9 Å². The molecular weight excluding hydrogens is 372 g/mol. The van der Waals surface area contributed by atoms with Crippen LogP contribution >= 0.6 is 22.9 Å². The molecule has 1 amide bonds. The van der Waals surface area contributed by atoms with Crippen LogP contribution in [-0.2, 0) is 4.79 Å². The van der Waals surface area contributed by atoms with Gasteiger partial charge in [-0.1, -0.05) is 41.9 Å². The fraction of sp³-hybridized carbons (Fsp3) is 0.0556. The molecule has 0 saturated heterocycles. The third-order valence-corrected chi connectivity index (χ3v) is 4.32. The normalized spacial score (nSPS) is 10.8. The highest BCUT2D eigenvalue weighted by molar-refractivity contribution is 7.14. The van der Waals surface area contributed by atoms with Crippen molar-refractivity contribution < 1.29 is 9.53 Å². The van der Waals surface area contributed by atoms with Crippen molar-refractivity contribution in [2.45, 2.75) is 0 Å². The zero-order chi connectivity index (χ0) is 18.4. The van der Waals surface area contributed by atoms with Crippen LogP contribution in [0.5, 0.6) is 5.75 Å². The van der Waals surface area contributed by atoms with E-state index in [1.165, 1.54) is 11.3 Å². The number of hydrazone groups is 1. The molecule has 0 aliphatic carbocycles. The lowest BCUT2D eigenvalue weighted by Gasteiger charge is -2.06. The van der Waals surface area contributed by atoms with E-state index in [9.17, 15) is 4.79 Å². The van der Waals surface area contributed by atoms with Crippen LogP contribution in [0.25, 0.3) is 11.3 Å². The van der Waals surface area contributed by atoms with E-state index in [0.29, 0.717) is 15.9 Å². The number of nitrogens with one attached hydrogen (secondary N) is 1. The van der Waals surface area contributed by atoms with E-state index in [2.05, 4.69) is 15.5 Å². The first-order valence-electron chi connectivity index (χ1n) is 7.62. The number of aromatic nitrogens is 1. The molecule has 8 heteroatoms. The van der Waals surface area contributed by atoms with Gasteiger partial charge in [-0.25, -0.2) is 4.98 Å². The highest BCUT2D eigenvalue weighted by atomic mass is 35.5. The van der Waals surface area contributed by atoms with Crippen molar-refractivity contribution in [3.05, 3.63) is 64.5 Å². The van der Waals surface area contributed by atoms with Gasteiger partial charge in [0.15, 0.2) is 6.61 Å². The summed E-state index contributed by atoms with van der Waals surface area (Å²) in [7, 11) is 0. The number of nitrogens with two attached hydrogens (primary N) is 1. The maximum Gasteiger partial charge on any atom is 0.255 e. The molecular formula is C18H15ClN4O2S. The van der Waals surface area contributed by atoms with Crippen LogP contribution in [0.2, 0.25) is 5.02 Å². The van der Waals surface area contributed by atoms with Crippen LogP contribution in [-0.4, -0.2) is 23.7 Å². The second-order valence-electron chi connectivity index (χ2n) is 5.22. The molecule has 26 heavy (non-hydrogen) atoms. The fourth-order valence-electron chi connectivity index (χ4n) is 2.09. The van der Waals surface area contributed by atoms with Gasteiger partial charge in [-0.15, -0.1) is 11.3 Å². The van der Waals surface area contributed by atoms with Crippen molar-refractivity contribution in [1.29, 1.82) is 0 Å². The summed E-state index contributed by atoms with van der Waals surface area (Å²) in [6.45, 7) is -0.220. The topological polar surface area (TPSA) is 89.6 Å². The lowest BCUT2D eigenvalue weighted by atomic mass is 10.2. The zero-order valence-corrected chi connectivity index (χ0v) is 15.1. The summed E-state index contributed by atoms with van der Waals surface area (Å²) in [6, 6.07) is 15.0. The number of rotatable bonds is 7. The van der Waals surface area contributed by atoms with Gasteiger partial charge in [-0.2, -0.15) is 5.10 Å². The second kappa shape index (κ2) is 8.46. The van der Waals surface area contributed by atoms with Crippen LogP contribution in [0.1, 0.15) is 5.56 Å². The highest BCUT2D eigenvalue weighted by Gasteiger charge is 2.05. The Kier molecular flexibility index (Phi) is 5.83. The first kappa shape index (κ1) is 17.9. The molecule has 0 unspecified atom stereocenters. The Morgan fingerprint density at radius 1 is 1.31 bits per heavy atom. The predicted molar refractivity (Wildman–Crippen MR) is 105 cm³/mol. The van der Waals surface area contributed by atoms with Crippen LogP contribution < -0.4 is 15.9 Å². The molecule has 1 heterocycles. The third-order valence-electron chi connectivity index (χ3n) is 3.27. The molecule has 0 fully saturated rings. The number of carbonyl (C=O) groups is 1. The van der Waals surface area contributed by atoms with E-state index in [1.54, 1.807) is 24.4 Å². The van der Waals surface area contributed by atoms with Crippen LogP contribution in [0.4, 0.5) is 5.13 Å². The van der Waals surface area contributed by atoms with Gasteiger partial charge >= 0.3 is 0 Å². The minimum atomic E-state index is -0.561. The summed E-state index contributed by atoms with van der Waals surface area (Å²) in [5, 5.41) is 7.19. The molecule has 0 bridgehead atoms. The Hall–Kier alpha value is -2.90.